The van der Waals surface area contributed by atoms with Gasteiger partial charge in [-0.1, -0.05) is 16.4 Å². The highest BCUT2D eigenvalue weighted by Gasteiger charge is 2.04. The van der Waals surface area contributed by atoms with Gasteiger partial charge in [0.15, 0.2) is 0 Å². The van der Waals surface area contributed by atoms with E-state index in [2.05, 4.69) is 15.5 Å². The van der Waals surface area contributed by atoms with E-state index in [-0.39, 0.29) is 12.4 Å². The van der Waals surface area contributed by atoms with Crippen molar-refractivity contribution in [1.82, 2.24) is 20.2 Å². The third kappa shape index (κ3) is 2.94. The number of nitrogens with zero attached hydrogens (tertiary/aromatic N) is 4. The Hall–Kier alpha value is -2.83. The molecular weight excluding hydrogens is 260 g/mol. The zero-order chi connectivity index (χ0) is 13.8. The maximum absolute atomic E-state index is 9.33. The molecule has 1 N–H and O–H groups in total. The van der Waals surface area contributed by atoms with Gasteiger partial charge >= 0.3 is 0 Å². The van der Waals surface area contributed by atoms with E-state index in [1.807, 2.05) is 0 Å². The molecule has 0 aliphatic rings. The smallest absolute Gasteiger partial charge is 0.134 e. The average Bonchev–Trinajstić information content (AvgIpc) is 3.09. The number of phenolic OH excluding ortho intramolecular Hbond substituents is 1. The Bertz CT molecular complexity index is 679. The number of aromatic hydroxyl groups is 1. The van der Waals surface area contributed by atoms with Gasteiger partial charge in [0.2, 0.25) is 0 Å². The fraction of sp³-hybridized carbons (Fsp3) is 0.154. The average molecular weight is 272 g/mol. The molecule has 0 aliphatic carbocycles. The van der Waals surface area contributed by atoms with Crippen molar-refractivity contribution in [1.29, 1.82) is 0 Å². The Morgan fingerprint density at radius 1 is 1.25 bits per heavy atom. The number of phenols is 1. The van der Waals surface area contributed by atoms with Crippen LogP contribution >= 0.6 is 0 Å². The molecule has 2 aromatic heterocycles. The standard InChI is InChI=1S/C13H12N4O3/c18-12-2-1-3-13(6-12)19-9-11-8-17(16-14-11)7-10-4-5-20-15-10/h1-6,8,18H,7,9H2. The van der Waals surface area contributed by atoms with Gasteiger partial charge in [-0.15, -0.1) is 5.10 Å². The van der Waals surface area contributed by atoms with Crippen LogP contribution in [0.3, 0.4) is 0 Å². The lowest BCUT2D eigenvalue weighted by molar-refractivity contribution is 0.299. The Labute approximate surface area is 114 Å². The van der Waals surface area contributed by atoms with Crippen LogP contribution in [-0.4, -0.2) is 25.3 Å². The summed E-state index contributed by atoms with van der Waals surface area (Å²) in [5.41, 5.74) is 1.46. The molecular formula is C13H12N4O3. The Balaban J connectivity index is 1.60. The molecule has 7 heteroatoms. The number of ether oxygens (including phenoxy) is 1. The second kappa shape index (κ2) is 5.43. The third-order valence-electron chi connectivity index (χ3n) is 2.61. The van der Waals surface area contributed by atoms with Crippen molar-refractivity contribution in [3.05, 3.63) is 54.2 Å². The van der Waals surface area contributed by atoms with Gasteiger partial charge in [0.1, 0.15) is 35.8 Å². The summed E-state index contributed by atoms with van der Waals surface area (Å²) in [5.74, 6) is 0.744. The normalized spacial score (nSPS) is 10.6. The minimum Gasteiger partial charge on any atom is -0.508 e. The summed E-state index contributed by atoms with van der Waals surface area (Å²) in [6, 6.07) is 8.37. The lowest BCUT2D eigenvalue weighted by Gasteiger charge is -2.03. The molecule has 3 rings (SSSR count). The SMILES string of the molecule is Oc1cccc(OCc2cn(Cc3ccon3)nn2)c1. The molecule has 0 radical (unpaired) electrons. The number of aromatic nitrogens is 4. The van der Waals surface area contributed by atoms with E-state index >= 15 is 0 Å². The summed E-state index contributed by atoms with van der Waals surface area (Å²) >= 11 is 0. The topological polar surface area (TPSA) is 86.2 Å². The molecule has 0 aliphatic heterocycles. The van der Waals surface area contributed by atoms with E-state index in [0.29, 0.717) is 18.0 Å². The number of benzene rings is 1. The molecule has 7 nitrogen and oxygen atoms in total. The van der Waals surface area contributed by atoms with Crippen LogP contribution in [0.2, 0.25) is 0 Å². The van der Waals surface area contributed by atoms with Crippen molar-refractivity contribution in [3.63, 3.8) is 0 Å². The molecule has 0 bridgehead atoms. The minimum absolute atomic E-state index is 0.164. The summed E-state index contributed by atoms with van der Waals surface area (Å²) < 4.78 is 11.9. The van der Waals surface area contributed by atoms with Crippen LogP contribution in [-0.2, 0) is 13.2 Å². The predicted octanol–water partition coefficient (Wildman–Crippen LogP) is 1.60. The van der Waals surface area contributed by atoms with Crippen molar-refractivity contribution in [3.8, 4) is 11.5 Å². The molecule has 20 heavy (non-hydrogen) atoms. The van der Waals surface area contributed by atoms with Gasteiger partial charge in [-0.05, 0) is 12.1 Å². The third-order valence-corrected chi connectivity index (χ3v) is 2.61. The summed E-state index contributed by atoms with van der Waals surface area (Å²) in [6.45, 7) is 0.776. The highest BCUT2D eigenvalue weighted by Crippen LogP contribution is 2.18. The first-order valence-corrected chi connectivity index (χ1v) is 6.00. The fourth-order valence-electron chi connectivity index (χ4n) is 1.70. The molecule has 0 fully saturated rings. The summed E-state index contributed by atoms with van der Waals surface area (Å²) in [5, 5.41) is 21.1. The molecule has 3 aromatic rings. The van der Waals surface area contributed by atoms with Crippen LogP contribution in [0.25, 0.3) is 0 Å². The van der Waals surface area contributed by atoms with E-state index in [4.69, 9.17) is 9.26 Å². The summed E-state index contributed by atoms with van der Waals surface area (Å²) in [6.07, 6.45) is 3.29. The first-order chi connectivity index (χ1) is 9.79. The van der Waals surface area contributed by atoms with Crippen LogP contribution in [0.15, 0.2) is 47.3 Å². The largest absolute Gasteiger partial charge is 0.508 e. The minimum atomic E-state index is 0.164. The first kappa shape index (κ1) is 12.2. The van der Waals surface area contributed by atoms with Crippen LogP contribution in [0.1, 0.15) is 11.4 Å². The monoisotopic (exact) mass is 272 g/mol. The molecule has 102 valence electrons. The molecule has 0 saturated heterocycles. The number of hydrogen-bond acceptors (Lipinski definition) is 6. The van der Waals surface area contributed by atoms with Crippen molar-refractivity contribution in [2.75, 3.05) is 0 Å². The van der Waals surface area contributed by atoms with E-state index in [1.54, 1.807) is 41.2 Å². The second-order valence-corrected chi connectivity index (χ2v) is 4.18. The molecule has 0 amide bonds. The highest BCUT2D eigenvalue weighted by atomic mass is 16.5. The van der Waals surface area contributed by atoms with E-state index in [1.165, 1.54) is 6.26 Å². The Morgan fingerprint density at radius 2 is 2.20 bits per heavy atom. The number of rotatable bonds is 5. The van der Waals surface area contributed by atoms with Crippen molar-refractivity contribution in [2.45, 2.75) is 13.2 Å². The molecule has 0 spiro atoms. The quantitative estimate of drug-likeness (QED) is 0.759. The van der Waals surface area contributed by atoms with Gasteiger partial charge in [-0.3, -0.25) is 0 Å². The van der Waals surface area contributed by atoms with Crippen LogP contribution in [0, 0.1) is 0 Å². The van der Waals surface area contributed by atoms with Gasteiger partial charge in [0, 0.05) is 12.1 Å². The van der Waals surface area contributed by atoms with E-state index in [0.717, 1.165) is 5.69 Å². The Morgan fingerprint density at radius 3 is 3.00 bits per heavy atom. The first-order valence-electron chi connectivity index (χ1n) is 6.00. The predicted molar refractivity (Wildman–Crippen MR) is 68.1 cm³/mol. The van der Waals surface area contributed by atoms with Crippen LogP contribution in [0.4, 0.5) is 0 Å². The lowest BCUT2D eigenvalue weighted by atomic mass is 10.3. The van der Waals surface area contributed by atoms with Gasteiger partial charge in [0.25, 0.3) is 0 Å². The molecule has 2 heterocycles. The van der Waals surface area contributed by atoms with Crippen molar-refractivity contribution >= 4 is 0 Å². The summed E-state index contributed by atoms with van der Waals surface area (Å²) in [4.78, 5) is 0. The van der Waals surface area contributed by atoms with E-state index < -0.39 is 0 Å². The van der Waals surface area contributed by atoms with Gasteiger partial charge in [-0.2, -0.15) is 0 Å². The van der Waals surface area contributed by atoms with Crippen molar-refractivity contribution < 1.29 is 14.4 Å². The highest BCUT2D eigenvalue weighted by molar-refractivity contribution is 5.31. The Kier molecular flexibility index (Phi) is 3.32. The molecule has 0 saturated carbocycles. The zero-order valence-corrected chi connectivity index (χ0v) is 10.5. The maximum atomic E-state index is 9.33. The van der Waals surface area contributed by atoms with Crippen LogP contribution < -0.4 is 4.74 Å². The van der Waals surface area contributed by atoms with E-state index in [9.17, 15) is 5.11 Å². The van der Waals surface area contributed by atoms with Gasteiger partial charge in [-0.25, -0.2) is 4.68 Å². The maximum Gasteiger partial charge on any atom is 0.134 e. The second-order valence-electron chi connectivity index (χ2n) is 4.18. The summed E-state index contributed by atoms with van der Waals surface area (Å²) in [7, 11) is 0. The lowest BCUT2D eigenvalue weighted by Crippen LogP contribution is -2.00. The van der Waals surface area contributed by atoms with Gasteiger partial charge < -0.3 is 14.4 Å². The fourth-order valence-corrected chi connectivity index (χ4v) is 1.70. The molecule has 0 atom stereocenters. The molecule has 1 aromatic carbocycles. The number of hydrogen-bond donors (Lipinski definition) is 1. The zero-order valence-electron chi connectivity index (χ0n) is 10.5. The van der Waals surface area contributed by atoms with Gasteiger partial charge in [0.05, 0.1) is 12.7 Å². The van der Waals surface area contributed by atoms with Crippen molar-refractivity contribution in [2.24, 2.45) is 0 Å². The van der Waals surface area contributed by atoms with Crippen LogP contribution in [0.5, 0.6) is 11.5 Å². The molecule has 0 unspecified atom stereocenters.